The summed E-state index contributed by atoms with van der Waals surface area (Å²) in [7, 11) is 0. The highest BCUT2D eigenvalue weighted by Gasteiger charge is 1.99. The molecule has 1 aromatic heterocycles. The smallest absolute Gasteiger partial charge is 0.250 e. The number of hydrogen-bond acceptors (Lipinski definition) is 1. The fourth-order valence-electron chi connectivity index (χ4n) is 1.41. The molecule has 0 saturated heterocycles. The second-order valence-electron chi connectivity index (χ2n) is 3.44. The minimum absolute atomic E-state index is 0.0512. The molecule has 0 atom stereocenters. The normalized spacial score (nSPS) is 10.4. The maximum Gasteiger partial charge on any atom is 0.250 e. The number of rotatable bonds is 2. The Morgan fingerprint density at radius 3 is 2.50 bits per heavy atom. The van der Waals surface area contributed by atoms with Gasteiger partial charge in [0.05, 0.1) is 6.54 Å². The first-order valence-corrected chi connectivity index (χ1v) is 5.83. The van der Waals surface area contributed by atoms with Gasteiger partial charge in [0.1, 0.15) is 5.82 Å². The molecule has 0 bridgehead atoms. The van der Waals surface area contributed by atoms with Gasteiger partial charge in [-0.2, -0.15) is 0 Å². The zero-order valence-corrected chi connectivity index (χ0v) is 10.5. The van der Waals surface area contributed by atoms with Crippen molar-refractivity contribution in [2.24, 2.45) is 0 Å². The van der Waals surface area contributed by atoms with Crippen molar-refractivity contribution < 1.29 is 4.39 Å². The molecular weight excluding hydrogens is 320 g/mol. The van der Waals surface area contributed by atoms with Crippen molar-refractivity contribution in [1.82, 2.24) is 4.57 Å². The van der Waals surface area contributed by atoms with Crippen molar-refractivity contribution in [1.29, 1.82) is 0 Å². The Hall–Kier alpha value is -1.17. The molecule has 1 aromatic carbocycles. The third-order valence-electron chi connectivity index (χ3n) is 2.21. The van der Waals surface area contributed by atoms with Crippen molar-refractivity contribution >= 4 is 22.6 Å². The van der Waals surface area contributed by atoms with Gasteiger partial charge >= 0.3 is 0 Å². The first-order chi connectivity index (χ1) is 7.65. The maximum absolute atomic E-state index is 12.7. The van der Waals surface area contributed by atoms with Crippen LogP contribution in [0.15, 0.2) is 47.4 Å². The fourth-order valence-corrected chi connectivity index (χ4v) is 1.93. The van der Waals surface area contributed by atoms with E-state index in [1.807, 2.05) is 0 Å². The first kappa shape index (κ1) is 11.3. The van der Waals surface area contributed by atoms with E-state index in [4.69, 9.17) is 0 Å². The van der Waals surface area contributed by atoms with Crippen molar-refractivity contribution in [2.75, 3.05) is 0 Å². The highest BCUT2D eigenvalue weighted by molar-refractivity contribution is 14.1. The third-order valence-corrected chi connectivity index (χ3v) is 2.85. The highest BCUT2D eigenvalue weighted by atomic mass is 127. The summed E-state index contributed by atoms with van der Waals surface area (Å²) in [4.78, 5) is 11.5. The van der Waals surface area contributed by atoms with E-state index in [1.165, 1.54) is 18.2 Å². The average Bonchev–Trinajstić information content (AvgIpc) is 2.27. The van der Waals surface area contributed by atoms with Crippen molar-refractivity contribution in [3.63, 3.8) is 0 Å². The van der Waals surface area contributed by atoms with E-state index in [1.54, 1.807) is 29.0 Å². The molecule has 2 rings (SSSR count). The molecule has 0 saturated carbocycles. The van der Waals surface area contributed by atoms with E-state index in [9.17, 15) is 9.18 Å². The molecule has 0 aliphatic heterocycles. The fraction of sp³-hybridized carbons (Fsp3) is 0.0833. The maximum atomic E-state index is 12.7. The van der Waals surface area contributed by atoms with Crippen LogP contribution < -0.4 is 5.56 Å². The van der Waals surface area contributed by atoms with E-state index >= 15 is 0 Å². The first-order valence-electron chi connectivity index (χ1n) is 4.75. The quantitative estimate of drug-likeness (QED) is 0.777. The van der Waals surface area contributed by atoms with Crippen LogP contribution in [0, 0.1) is 9.39 Å². The SMILES string of the molecule is O=c1ccc(I)cn1Cc1ccc(F)cc1. The number of hydrogen-bond donors (Lipinski definition) is 0. The largest absolute Gasteiger partial charge is 0.310 e. The van der Waals surface area contributed by atoms with E-state index in [-0.39, 0.29) is 11.4 Å². The molecule has 0 aliphatic rings. The zero-order valence-electron chi connectivity index (χ0n) is 8.36. The standard InChI is InChI=1S/C12H9FINO/c13-10-3-1-9(2-4-10)7-15-8-11(14)5-6-12(15)16/h1-6,8H,7H2. The minimum Gasteiger partial charge on any atom is -0.310 e. The van der Waals surface area contributed by atoms with Gasteiger partial charge in [0.2, 0.25) is 0 Å². The third kappa shape index (κ3) is 2.69. The Bertz CT molecular complexity index is 548. The molecule has 0 N–H and O–H groups in total. The number of benzene rings is 1. The summed E-state index contributed by atoms with van der Waals surface area (Å²) in [6, 6.07) is 9.46. The summed E-state index contributed by atoms with van der Waals surface area (Å²) in [5.74, 6) is -0.265. The molecule has 0 fully saturated rings. The molecule has 4 heteroatoms. The Morgan fingerprint density at radius 1 is 1.12 bits per heavy atom. The second kappa shape index (κ2) is 4.78. The van der Waals surface area contributed by atoms with Gasteiger partial charge in [-0.15, -0.1) is 0 Å². The van der Waals surface area contributed by atoms with Crippen LogP contribution in [-0.4, -0.2) is 4.57 Å². The van der Waals surface area contributed by atoms with Gasteiger partial charge in [-0.25, -0.2) is 4.39 Å². The minimum atomic E-state index is -0.265. The summed E-state index contributed by atoms with van der Waals surface area (Å²) in [5, 5.41) is 0. The van der Waals surface area contributed by atoms with Gasteiger partial charge in [0.15, 0.2) is 0 Å². The van der Waals surface area contributed by atoms with Crippen LogP contribution in [0.4, 0.5) is 4.39 Å². The van der Waals surface area contributed by atoms with Crippen LogP contribution in [0.1, 0.15) is 5.56 Å². The van der Waals surface area contributed by atoms with Crippen molar-refractivity contribution in [2.45, 2.75) is 6.54 Å². The lowest BCUT2D eigenvalue weighted by atomic mass is 10.2. The molecule has 0 radical (unpaired) electrons. The monoisotopic (exact) mass is 329 g/mol. The van der Waals surface area contributed by atoms with E-state index in [2.05, 4.69) is 22.6 Å². The lowest BCUT2D eigenvalue weighted by Gasteiger charge is -2.05. The molecular formula is C12H9FINO. The zero-order chi connectivity index (χ0) is 11.5. The number of halogens is 2. The van der Waals surface area contributed by atoms with Crippen LogP contribution in [-0.2, 0) is 6.54 Å². The molecule has 2 aromatic rings. The van der Waals surface area contributed by atoms with Gasteiger partial charge < -0.3 is 4.57 Å². The van der Waals surface area contributed by atoms with Crippen LogP contribution >= 0.6 is 22.6 Å². The van der Waals surface area contributed by atoms with Crippen LogP contribution in [0.3, 0.4) is 0 Å². The predicted molar refractivity (Wildman–Crippen MR) is 68.9 cm³/mol. The Labute approximate surface area is 106 Å². The van der Waals surface area contributed by atoms with Crippen LogP contribution in [0.2, 0.25) is 0 Å². The van der Waals surface area contributed by atoms with E-state index in [0.717, 1.165) is 9.13 Å². The summed E-state index contributed by atoms with van der Waals surface area (Å²) in [5.41, 5.74) is 0.857. The summed E-state index contributed by atoms with van der Waals surface area (Å²) in [6.45, 7) is 0.468. The van der Waals surface area contributed by atoms with Gasteiger partial charge in [-0.1, -0.05) is 12.1 Å². The molecule has 82 valence electrons. The Morgan fingerprint density at radius 2 is 1.81 bits per heavy atom. The molecule has 0 aliphatic carbocycles. The summed E-state index contributed by atoms with van der Waals surface area (Å²) in [6.07, 6.45) is 1.78. The number of aromatic nitrogens is 1. The molecule has 2 nitrogen and oxygen atoms in total. The predicted octanol–water partition coefficient (Wildman–Crippen LogP) is 2.64. The average molecular weight is 329 g/mol. The number of nitrogens with zero attached hydrogens (tertiary/aromatic N) is 1. The molecule has 16 heavy (non-hydrogen) atoms. The van der Waals surface area contributed by atoms with E-state index < -0.39 is 0 Å². The molecule has 0 unspecified atom stereocenters. The van der Waals surface area contributed by atoms with Gasteiger partial charge in [0.25, 0.3) is 5.56 Å². The Kier molecular flexibility index (Phi) is 3.38. The lowest BCUT2D eigenvalue weighted by molar-refractivity contribution is 0.626. The van der Waals surface area contributed by atoms with Gasteiger partial charge in [-0.3, -0.25) is 4.79 Å². The van der Waals surface area contributed by atoms with Gasteiger partial charge in [-0.05, 0) is 46.4 Å². The highest BCUT2D eigenvalue weighted by Crippen LogP contribution is 2.05. The summed E-state index contributed by atoms with van der Waals surface area (Å²) < 4.78 is 15.3. The molecule has 0 amide bonds. The number of pyridine rings is 1. The van der Waals surface area contributed by atoms with Crippen LogP contribution in [0.5, 0.6) is 0 Å². The molecule has 0 spiro atoms. The van der Waals surface area contributed by atoms with Crippen molar-refractivity contribution in [3.05, 3.63) is 67.9 Å². The van der Waals surface area contributed by atoms with E-state index in [0.29, 0.717) is 6.54 Å². The summed E-state index contributed by atoms with van der Waals surface area (Å²) >= 11 is 2.15. The lowest BCUT2D eigenvalue weighted by Crippen LogP contribution is -2.19. The second-order valence-corrected chi connectivity index (χ2v) is 4.69. The molecule has 1 heterocycles. The van der Waals surface area contributed by atoms with Crippen molar-refractivity contribution in [3.8, 4) is 0 Å². The van der Waals surface area contributed by atoms with Crippen LogP contribution in [0.25, 0.3) is 0 Å². The topological polar surface area (TPSA) is 22.0 Å². The van der Waals surface area contributed by atoms with Gasteiger partial charge in [0, 0.05) is 15.8 Å². The Balaban J connectivity index is 2.30.